The van der Waals surface area contributed by atoms with Crippen molar-refractivity contribution in [2.24, 2.45) is 11.8 Å². The predicted molar refractivity (Wildman–Crippen MR) is 118 cm³/mol. The van der Waals surface area contributed by atoms with Crippen LogP contribution in [0.2, 0.25) is 0 Å². The van der Waals surface area contributed by atoms with Gasteiger partial charge in [-0.15, -0.1) is 0 Å². The number of aromatic nitrogens is 1. The number of likely N-dealkylation sites (tertiary alicyclic amines) is 1. The molecule has 0 aliphatic carbocycles. The molecule has 0 spiro atoms. The second-order valence-electron chi connectivity index (χ2n) is 8.52. The molecule has 0 radical (unpaired) electrons. The van der Waals surface area contributed by atoms with Crippen LogP contribution in [0, 0.1) is 11.8 Å². The molecule has 2 aromatic rings. The lowest BCUT2D eigenvalue weighted by atomic mass is 9.92. The van der Waals surface area contributed by atoms with Gasteiger partial charge in [-0.25, -0.2) is 0 Å². The van der Waals surface area contributed by atoms with Gasteiger partial charge in [0.15, 0.2) is 0 Å². The van der Waals surface area contributed by atoms with Crippen LogP contribution >= 0.6 is 0 Å². The Balaban J connectivity index is 1.36. The van der Waals surface area contributed by atoms with Crippen molar-refractivity contribution >= 4 is 22.6 Å². The van der Waals surface area contributed by atoms with Crippen LogP contribution in [0.5, 0.6) is 0 Å². The predicted octanol–water partition coefficient (Wildman–Crippen LogP) is 1.60. The zero-order valence-electron chi connectivity index (χ0n) is 17.9. The van der Waals surface area contributed by atoms with E-state index in [9.17, 15) is 14.4 Å². The first-order chi connectivity index (χ1) is 14.4. The highest BCUT2D eigenvalue weighted by molar-refractivity contribution is 5.85. The third-order valence-electron chi connectivity index (χ3n) is 5.56. The average Bonchev–Trinajstić information content (AvgIpc) is 2.71. The van der Waals surface area contributed by atoms with Crippen molar-refractivity contribution in [2.45, 2.75) is 33.2 Å². The molecule has 1 aliphatic heterocycles. The number of hydrogen-bond acceptors (Lipinski definition) is 4. The maximum absolute atomic E-state index is 12.4. The third kappa shape index (κ3) is 6.16. The molecule has 7 heteroatoms. The number of rotatable bonds is 8. The van der Waals surface area contributed by atoms with Crippen molar-refractivity contribution in [1.29, 1.82) is 0 Å². The Bertz CT molecular complexity index is 929. The van der Waals surface area contributed by atoms with Crippen LogP contribution in [0.15, 0.2) is 41.3 Å². The van der Waals surface area contributed by atoms with Gasteiger partial charge in [0.25, 0.3) is 5.56 Å². The van der Waals surface area contributed by atoms with Crippen molar-refractivity contribution in [3.63, 3.8) is 0 Å². The van der Waals surface area contributed by atoms with Crippen LogP contribution < -0.4 is 16.2 Å². The van der Waals surface area contributed by atoms with Crippen molar-refractivity contribution < 1.29 is 9.59 Å². The Labute approximate surface area is 177 Å². The molecule has 0 unspecified atom stereocenters. The van der Waals surface area contributed by atoms with Gasteiger partial charge in [0.05, 0.1) is 6.54 Å². The molecule has 0 bridgehead atoms. The molecule has 30 heavy (non-hydrogen) atoms. The lowest BCUT2D eigenvalue weighted by Gasteiger charge is -2.34. The van der Waals surface area contributed by atoms with Crippen molar-refractivity contribution in [3.05, 3.63) is 46.9 Å². The molecule has 3 rings (SSSR count). The number of amides is 2. The molecule has 162 valence electrons. The summed E-state index contributed by atoms with van der Waals surface area (Å²) in [4.78, 5) is 39.0. The van der Waals surface area contributed by atoms with Crippen LogP contribution in [0.25, 0.3) is 10.8 Å². The summed E-state index contributed by atoms with van der Waals surface area (Å²) >= 11 is 0. The molecule has 1 aromatic carbocycles. The Morgan fingerprint density at radius 1 is 1.03 bits per heavy atom. The molecule has 2 N–H and O–H groups in total. The maximum Gasteiger partial charge on any atom is 0.258 e. The van der Waals surface area contributed by atoms with Gasteiger partial charge in [-0.2, -0.15) is 0 Å². The van der Waals surface area contributed by atoms with E-state index in [0.29, 0.717) is 11.9 Å². The van der Waals surface area contributed by atoms with Gasteiger partial charge < -0.3 is 20.1 Å². The molecule has 2 atom stereocenters. The van der Waals surface area contributed by atoms with Crippen LogP contribution in [-0.4, -0.2) is 54.0 Å². The summed E-state index contributed by atoms with van der Waals surface area (Å²) in [5.74, 6) is 0.885. The SMILES string of the molecule is C[C@@H]1C[C@H](C)CN(CCCNC(=O)CNC(=O)Cn2ccc3ccccc3c2=O)C1. The number of piperidine rings is 1. The number of carbonyl (C=O) groups excluding carboxylic acids is 2. The van der Waals surface area contributed by atoms with Gasteiger partial charge in [0.1, 0.15) is 6.54 Å². The van der Waals surface area contributed by atoms with Gasteiger partial charge in [-0.3, -0.25) is 14.4 Å². The van der Waals surface area contributed by atoms with E-state index >= 15 is 0 Å². The normalized spacial score (nSPS) is 19.5. The third-order valence-corrected chi connectivity index (χ3v) is 5.56. The van der Waals surface area contributed by atoms with Gasteiger partial charge >= 0.3 is 0 Å². The zero-order chi connectivity index (χ0) is 21.5. The number of carbonyl (C=O) groups is 2. The van der Waals surface area contributed by atoms with Gasteiger partial charge in [-0.1, -0.05) is 32.0 Å². The van der Waals surface area contributed by atoms with Gasteiger partial charge in [0, 0.05) is 31.2 Å². The van der Waals surface area contributed by atoms with Crippen LogP contribution in [0.1, 0.15) is 26.7 Å². The summed E-state index contributed by atoms with van der Waals surface area (Å²) in [5, 5.41) is 6.85. The molecule has 1 aliphatic rings. The Kier molecular flexibility index (Phi) is 7.63. The smallest absolute Gasteiger partial charge is 0.258 e. The summed E-state index contributed by atoms with van der Waals surface area (Å²) in [6.45, 7) is 8.22. The van der Waals surface area contributed by atoms with Crippen LogP contribution in [-0.2, 0) is 16.1 Å². The summed E-state index contributed by atoms with van der Waals surface area (Å²) in [6, 6.07) is 9.07. The topological polar surface area (TPSA) is 83.4 Å². The highest BCUT2D eigenvalue weighted by Gasteiger charge is 2.21. The van der Waals surface area contributed by atoms with E-state index in [1.807, 2.05) is 12.1 Å². The average molecular weight is 413 g/mol. The molecule has 1 saturated heterocycles. The molecule has 7 nitrogen and oxygen atoms in total. The van der Waals surface area contributed by atoms with Crippen LogP contribution in [0.3, 0.4) is 0 Å². The van der Waals surface area contributed by atoms with E-state index in [1.165, 1.54) is 11.0 Å². The van der Waals surface area contributed by atoms with E-state index in [1.54, 1.807) is 24.4 Å². The van der Waals surface area contributed by atoms with Crippen molar-refractivity contribution in [1.82, 2.24) is 20.1 Å². The van der Waals surface area contributed by atoms with E-state index < -0.39 is 0 Å². The summed E-state index contributed by atoms with van der Waals surface area (Å²) in [5.41, 5.74) is -0.214. The van der Waals surface area contributed by atoms with E-state index in [0.717, 1.165) is 43.3 Å². The van der Waals surface area contributed by atoms with E-state index in [4.69, 9.17) is 0 Å². The molecule has 1 aromatic heterocycles. The first kappa shape index (κ1) is 22.0. The minimum Gasteiger partial charge on any atom is -0.355 e. The monoisotopic (exact) mass is 412 g/mol. The standard InChI is InChI=1S/C23H32N4O3/c1-17-12-18(2)15-26(14-17)10-5-9-24-21(28)13-25-22(29)16-27-11-8-19-6-3-4-7-20(19)23(27)30/h3-4,6-8,11,17-18H,5,9-10,12-16H2,1-2H3,(H,24,28)(H,25,29)/t17-,18+. The molecular formula is C23H32N4O3. The lowest BCUT2D eigenvalue weighted by Crippen LogP contribution is -2.41. The largest absolute Gasteiger partial charge is 0.355 e. The Morgan fingerprint density at radius 2 is 1.77 bits per heavy atom. The second-order valence-corrected chi connectivity index (χ2v) is 8.52. The zero-order valence-corrected chi connectivity index (χ0v) is 17.9. The van der Waals surface area contributed by atoms with Crippen LogP contribution in [0.4, 0.5) is 0 Å². The number of nitrogens with zero attached hydrogens (tertiary/aromatic N) is 2. The molecule has 2 amide bonds. The van der Waals surface area contributed by atoms with Gasteiger partial charge in [-0.05, 0) is 48.7 Å². The maximum atomic E-state index is 12.4. The number of pyridine rings is 1. The fourth-order valence-electron chi connectivity index (χ4n) is 4.31. The second kappa shape index (κ2) is 10.4. The van der Waals surface area contributed by atoms with E-state index in [2.05, 4.69) is 29.4 Å². The minimum atomic E-state index is -0.362. The van der Waals surface area contributed by atoms with E-state index in [-0.39, 0.29) is 30.5 Å². The van der Waals surface area contributed by atoms with Gasteiger partial charge in [0.2, 0.25) is 11.8 Å². The first-order valence-corrected chi connectivity index (χ1v) is 10.8. The number of hydrogen-bond donors (Lipinski definition) is 2. The highest BCUT2D eigenvalue weighted by Crippen LogP contribution is 2.20. The fraction of sp³-hybridized carbons (Fsp3) is 0.522. The van der Waals surface area contributed by atoms with Crippen molar-refractivity contribution in [2.75, 3.05) is 32.7 Å². The number of benzene rings is 1. The highest BCUT2D eigenvalue weighted by atomic mass is 16.2. The molecular weight excluding hydrogens is 380 g/mol. The summed E-state index contributed by atoms with van der Waals surface area (Å²) in [7, 11) is 0. The Hall–Kier alpha value is -2.67. The molecule has 2 heterocycles. The molecule has 0 saturated carbocycles. The number of nitrogens with one attached hydrogen (secondary N) is 2. The summed E-state index contributed by atoms with van der Waals surface area (Å²) < 4.78 is 1.36. The molecule has 1 fully saturated rings. The first-order valence-electron chi connectivity index (χ1n) is 10.8. The van der Waals surface area contributed by atoms with Crippen molar-refractivity contribution in [3.8, 4) is 0 Å². The Morgan fingerprint density at radius 3 is 2.53 bits per heavy atom. The summed E-state index contributed by atoms with van der Waals surface area (Å²) in [6.07, 6.45) is 3.79. The minimum absolute atomic E-state index is 0.0844. The fourth-order valence-corrected chi connectivity index (χ4v) is 4.31. The quantitative estimate of drug-likeness (QED) is 0.645. The lowest BCUT2D eigenvalue weighted by molar-refractivity contribution is -0.126. The number of fused-ring (bicyclic) bond motifs is 1.